The van der Waals surface area contributed by atoms with Crippen molar-refractivity contribution in [3.05, 3.63) is 77.2 Å². The van der Waals surface area contributed by atoms with Gasteiger partial charge in [0.15, 0.2) is 11.6 Å². The van der Waals surface area contributed by atoms with Gasteiger partial charge in [0.25, 0.3) is 5.91 Å². The van der Waals surface area contributed by atoms with Crippen molar-refractivity contribution in [1.29, 1.82) is 0 Å². The fourth-order valence-corrected chi connectivity index (χ4v) is 2.54. The Morgan fingerprint density at radius 2 is 1.76 bits per heavy atom. The van der Waals surface area contributed by atoms with Gasteiger partial charge in [-0.25, -0.2) is 23.5 Å². The zero-order valence-electron chi connectivity index (χ0n) is 15.5. The molecule has 1 heterocycles. The van der Waals surface area contributed by atoms with E-state index in [1.165, 1.54) is 19.2 Å². The number of aromatic nitrogens is 2. The number of benzene rings is 2. The van der Waals surface area contributed by atoms with Crippen LogP contribution in [0.3, 0.4) is 0 Å². The lowest BCUT2D eigenvalue weighted by atomic mass is 10.2. The third-order valence-electron chi connectivity index (χ3n) is 3.84. The smallest absolute Gasteiger partial charge is 0.339 e. The average Bonchev–Trinajstić information content (AvgIpc) is 2.70. The van der Waals surface area contributed by atoms with Gasteiger partial charge >= 0.3 is 5.97 Å². The number of esters is 1. The first-order valence-electron chi connectivity index (χ1n) is 8.44. The van der Waals surface area contributed by atoms with Gasteiger partial charge in [-0.2, -0.15) is 0 Å². The molecule has 0 atom stereocenters. The Morgan fingerprint density at radius 3 is 2.48 bits per heavy atom. The second-order valence-corrected chi connectivity index (χ2v) is 5.93. The molecule has 0 saturated heterocycles. The number of carbonyl (C=O) groups excluding carboxylic acids is 2. The van der Waals surface area contributed by atoms with Gasteiger partial charge < -0.3 is 15.4 Å². The van der Waals surface area contributed by atoms with Crippen LogP contribution >= 0.6 is 0 Å². The summed E-state index contributed by atoms with van der Waals surface area (Å²) in [6.45, 7) is 1.59. The fraction of sp³-hybridized carbons (Fsp3) is 0.100. The van der Waals surface area contributed by atoms with Gasteiger partial charge in [-0.3, -0.25) is 4.79 Å². The molecule has 0 aliphatic rings. The van der Waals surface area contributed by atoms with Crippen molar-refractivity contribution in [1.82, 2.24) is 9.97 Å². The topological polar surface area (TPSA) is 93.2 Å². The molecule has 2 N–H and O–H groups in total. The molecule has 0 spiro atoms. The maximum Gasteiger partial charge on any atom is 0.339 e. The summed E-state index contributed by atoms with van der Waals surface area (Å²) < 4.78 is 31.1. The van der Waals surface area contributed by atoms with Gasteiger partial charge in [0.05, 0.1) is 18.4 Å². The summed E-state index contributed by atoms with van der Waals surface area (Å²) in [5.74, 6) is -2.70. The number of hydrogen-bond acceptors (Lipinski definition) is 6. The molecule has 0 unspecified atom stereocenters. The maximum absolute atomic E-state index is 13.3. The third-order valence-corrected chi connectivity index (χ3v) is 3.84. The SMILES string of the molecule is COC(=O)c1ccccc1Nc1cc(C(=O)Nc2ccc(F)c(F)c2)nc(C)n1. The molecule has 148 valence electrons. The number of rotatable bonds is 5. The number of hydrogen-bond donors (Lipinski definition) is 2. The Hall–Kier alpha value is -3.88. The van der Waals surface area contributed by atoms with Crippen molar-refractivity contribution in [3.8, 4) is 0 Å². The number of carbonyl (C=O) groups is 2. The summed E-state index contributed by atoms with van der Waals surface area (Å²) >= 11 is 0. The van der Waals surface area contributed by atoms with Crippen LogP contribution in [0.15, 0.2) is 48.5 Å². The lowest BCUT2D eigenvalue weighted by Crippen LogP contribution is -2.16. The molecular formula is C20H16F2N4O3. The van der Waals surface area contributed by atoms with E-state index in [0.717, 1.165) is 12.1 Å². The monoisotopic (exact) mass is 398 g/mol. The van der Waals surface area contributed by atoms with Gasteiger partial charge in [0.2, 0.25) is 0 Å². The molecule has 7 nitrogen and oxygen atoms in total. The van der Waals surface area contributed by atoms with Crippen molar-refractivity contribution in [3.63, 3.8) is 0 Å². The minimum absolute atomic E-state index is 0.000261. The van der Waals surface area contributed by atoms with Gasteiger partial charge in [0, 0.05) is 17.8 Å². The van der Waals surface area contributed by atoms with E-state index < -0.39 is 23.5 Å². The predicted octanol–water partition coefficient (Wildman–Crippen LogP) is 3.85. The zero-order chi connectivity index (χ0) is 21.0. The number of para-hydroxylation sites is 1. The summed E-state index contributed by atoms with van der Waals surface area (Å²) in [5.41, 5.74) is 0.805. The maximum atomic E-state index is 13.3. The second-order valence-electron chi connectivity index (χ2n) is 5.93. The van der Waals surface area contributed by atoms with Crippen molar-refractivity contribution in [2.24, 2.45) is 0 Å². The van der Waals surface area contributed by atoms with Gasteiger partial charge in [0.1, 0.15) is 17.3 Å². The summed E-state index contributed by atoms with van der Waals surface area (Å²) in [6.07, 6.45) is 0. The van der Waals surface area contributed by atoms with E-state index in [1.54, 1.807) is 31.2 Å². The quantitative estimate of drug-likeness (QED) is 0.635. The number of amides is 1. The number of anilines is 3. The van der Waals surface area contributed by atoms with Crippen LogP contribution in [0.1, 0.15) is 26.7 Å². The molecular weight excluding hydrogens is 382 g/mol. The number of nitrogens with one attached hydrogen (secondary N) is 2. The van der Waals surface area contributed by atoms with Crippen LogP contribution in [0.5, 0.6) is 0 Å². The van der Waals surface area contributed by atoms with Crippen LogP contribution in [-0.4, -0.2) is 29.0 Å². The largest absolute Gasteiger partial charge is 0.465 e. The standard InChI is InChI=1S/C20H16F2N4O3/c1-11-23-17(19(27)25-12-7-8-14(21)15(22)9-12)10-18(24-11)26-16-6-4-3-5-13(16)20(28)29-2/h3-10H,1-2H3,(H,25,27)(H,23,24,26). The first-order valence-corrected chi connectivity index (χ1v) is 8.44. The summed E-state index contributed by atoms with van der Waals surface area (Å²) in [5, 5.41) is 5.41. The average molecular weight is 398 g/mol. The molecule has 3 rings (SSSR count). The third kappa shape index (κ3) is 4.70. The Balaban J connectivity index is 1.86. The minimum Gasteiger partial charge on any atom is -0.465 e. The molecule has 0 aliphatic heterocycles. The zero-order valence-corrected chi connectivity index (χ0v) is 15.5. The lowest BCUT2D eigenvalue weighted by molar-refractivity contribution is 0.0601. The molecule has 0 aliphatic carbocycles. The molecule has 0 saturated carbocycles. The molecule has 0 radical (unpaired) electrons. The summed E-state index contributed by atoms with van der Waals surface area (Å²) in [6, 6.07) is 11.0. The highest BCUT2D eigenvalue weighted by Gasteiger charge is 2.15. The Kier molecular flexibility index (Phi) is 5.77. The molecule has 9 heteroatoms. The van der Waals surface area contributed by atoms with Gasteiger partial charge in [-0.15, -0.1) is 0 Å². The number of halogens is 2. The normalized spacial score (nSPS) is 10.3. The van der Waals surface area contributed by atoms with E-state index >= 15 is 0 Å². The molecule has 0 fully saturated rings. The number of ether oxygens (including phenoxy) is 1. The summed E-state index contributed by atoms with van der Waals surface area (Å²) in [4.78, 5) is 32.6. The highest BCUT2D eigenvalue weighted by Crippen LogP contribution is 2.21. The fourth-order valence-electron chi connectivity index (χ4n) is 2.54. The van der Waals surface area contributed by atoms with E-state index in [9.17, 15) is 18.4 Å². The van der Waals surface area contributed by atoms with Crippen LogP contribution in [0.25, 0.3) is 0 Å². The van der Waals surface area contributed by atoms with E-state index in [2.05, 4.69) is 20.6 Å². The van der Waals surface area contributed by atoms with E-state index in [0.29, 0.717) is 17.1 Å². The van der Waals surface area contributed by atoms with Crippen molar-refractivity contribution >= 4 is 29.1 Å². The molecule has 29 heavy (non-hydrogen) atoms. The van der Waals surface area contributed by atoms with E-state index in [1.807, 2.05) is 0 Å². The molecule has 3 aromatic rings. The first-order chi connectivity index (χ1) is 13.9. The molecule has 1 amide bonds. The number of methoxy groups -OCH3 is 1. The van der Waals surface area contributed by atoms with E-state index in [-0.39, 0.29) is 17.2 Å². The van der Waals surface area contributed by atoms with Gasteiger partial charge in [-0.1, -0.05) is 12.1 Å². The van der Waals surface area contributed by atoms with Crippen LogP contribution in [0.2, 0.25) is 0 Å². The highest BCUT2D eigenvalue weighted by atomic mass is 19.2. The van der Waals surface area contributed by atoms with E-state index in [4.69, 9.17) is 4.74 Å². The number of aryl methyl sites for hydroxylation is 1. The summed E-state index contributed by atoms with van der Waals surface area (Å²) in [7, 11) is 1.27. The molecule has 2 aromatic carbocycles. The van der Waals surface area contributed by atoms with Crippen LogP contribution in [0.4, 0.5) is 26.0 Å². The van der Waals surface area contributed by atoms with Crippen LogP contribution in [-0.2, 0) is 4.74 Å². The lowest BCUT2D eigenvalue weighted by Gasteiger charge is -2.12. The van der Waals surface area contributed by atoms with Crippen molar-refractivity contribution in [2.45, 2.75) is 6.92 Å². The number of nitrogens with zero attached hydrogens (tertiary/aromatic N) is 2. The molecule has 1 aromatic heterocycles. The predicted molar refractivity (Wildman–Crippen MR) is 102 cm³/mol. The minimum atomic E-state index is -1.08. The van der Waals surface area contributed by atoms with Crippen LogP contribution in [0, 0.1) is 18.6 Å². The van der Waals surface area contributed by atoms with Crippen molar-refractivity contribution in [2.75, 3.05) is 17.7 Å². The first kappa shape index (κ1) is 19.9. The highest BCUT2D eigenvalue weighted by molar-refractivity contribution is 6.03. The van der Waals surface area contributed by atoms with Crippen LogP contribution < -0.4 is 10.6 Å². The van der Waals surface area contributed by atoms with Gasteiger partial charge in [-0.05, 0) is 31.2 Å². The Bertz CT molecular complexity index is 1090. The molecule has 0 bridgehead atoms. The second kappa shape index (κ2) is 8.42. The Labute approximate surface area is 164 Å². The Morgan fingerprint density at radius 1 is 1.00 bits per heavy atom. The van der Waals surface area contributed by atoms with Crippen molar-refractivity contribution < 1.29 is 23.1 Å².